The van der Waals surface area contributed by atoms with Crippen molar-refractivity contribution in [1.29, 1.82) is 0 Å². The van der Waals surface area contributed by atoms with Crippen LogP contribution in [0.4, 0.5) is 4.79 Å². The van der Waals surface area contributed by atoms with E-state index in [1.807, 2.05) is 0 Å². The molecule has 1 aliphatic rings. The quantitative estimate of drug-likeness (QED) is 0.368. The minimum Gasteiger partial charge on any atom is -0.459 e. The summed E-state index contributed by atoms with van der Waals surface area (Å²) in [6.45, 7) is 1.67. The van der Waals surface area contributed by atoms with E-state index in [0.717, 1.165) is 6.92 Å². The van der Waals surface area contributed by atoms with Crippen molar-refractivity contribution in [2.75, 3.05) is 13.2 Å². The van der Waals surface area contributed by atoms with Crippen LogP contribution in [0.3, 0.4) is 0 Å². The molecule has 0 aromatic heterocycles. The Labute approximate surface area is 125 Å². The number of hydroxylamine groups is 2. The van der Waals surface area contributed by atoms with Gasteiger partial charge in [0.25, 0.3) is 11.8 Å². The van der Waals surface area contributed by atoms with E-state index in [1.54, 1.807) is 0 Å². The fourth-order valence-corrected chi connectivity index (χ4v) is 1.36. The molecule has 1 aliphatic heterocycles. The van der Waals surface area contributed by atoms with Crippen molar-refractivity contribution < 1.29 is 43.0 Å². The van der Waals surface area contributed by atoms with Gasteiger partial charge in [-0.15, -0.1) is 0 Å². The zero-order chi connectivity index (χ0) is 16.7. The van der Waals surface area contributed by atoms with Gasteiger partial charge in [-0.05, 0) is 6.92 Å². The average Bonchev–Trinajstić information content (AvgIpc) is 2.74. The molecular formula is C12H15NO9. The summed E-state index contributed by atoms with van der Waals surface area (Å²) in [4.78, 5) is 59.8. The van der Waals surface area contributed by atoms with Crippen LogP contribution in [-0.4, -0.2) is 54.3 Å². The Bertz CT molecular complexity index is 471. The smallest absolute Gasteiger partial charge is 0.459 e. The Balaban J connectivity index is 2.26. The molecule has 1 fully saturated rings. The number of amides is 2. The SMILES string of the molecule is CC(=O)OCC(=O)OCC(C)OC(=O)ON1C(=O)CCC1=O. The zero-order valence-corrected chi connectivity index (χ0v) is 12.0. The molecule has 0 aliphatic carbocycles. The molecule has 0 bridgehead atoms. The summed E-state index contributed by atoms with van der Waals surface area (Å²) < 4.78 is 13.8. The van der Waals surface area contributed by atoms with Crippen molar-refractivity contribution >= 4 is 29.9 Å². The number of carbonyl (C=O) groups is 5. The van der Waals surface area contributed by atoms with Gasteiger partial charge < -0.3 is 14.2 Å². The summed E-state index contributed by atoms with van der Waals surface area (Å²) in [5.74, 6) is -2.72. The maximum atomic E-state index is 11.4. The Kier molecular flexibility index (Phi) is 6.29. The van der Waals surface area contributed by atoms with Crippen LogP contribution in [0.1, 0.15) is 26.7 Å². The van der Waals surface area contributed by atoms with Gasteiger partial charge in [0.05, 0.1) is 0 Å². The van der Waals surface area contributed by atoms with E-state index in [-0.39, 0.29) is 19.4 Å². The Morgan fingerprint density at radius 1 is 1.14 bits per heavy atom. The molecule has 0 spiro atoms. The van der Waals surface area contributed by atoms with Crippen molar-refractivity contribution in [2.24, 2.45) is 0 Å². The molecule has 0 radical (unpaired) electrons. The van der Waals surface area contributed by atoms with Crippen molar-refractivity contribution in [3.8, 4) is 0 Å². The van der Waals surface area contributed by atoms with Crippen LogP contribution in [0.15, 0.2) is 0 Å². The first-order valence-corrected chi connectivity index (χ1v) is 6.33. The molecule has 1 atom stereocenters. The van der Waals surface area contributed by atoms with E-state index in [9.17, 15) is 24.0 Å². The van der Waals surface area contributed by atoms with E-state index < -0.39 is 42.6 Å². The van der Waals surface area contributed by atoms with Gasteiger partial charge in [-0.1, -0.05) is 5.06 Å². The van der Waals surface area contributed by atoms with Crippen LogP contribution in [0.25, 0.3) is 0 Å². The lowest BCUT2D eigenvalue weighted by atomic mass is 10.4. The van der Waals surface area contributed by atoms with E-state index in [4.69, 9.17) is 4.74 Å². The van der Waals surface area contributed by atoms with Gasteiger partial charge in [0.15, 0.2) is 6.61 Å². The predicted octanol–water partition coefficient (Wildman–Crippen LogP) is -0.302. The first-order valence-electron chi connectivity index (χ1n) is 6.33. The highest BCUT2D eigenvalue weighted by molar-refractivity contribution is 6.01. The second kappa shape index (κ2) is 7.96. The Morgan fingerprint density at radius 2 is 1.73 bits per heavy atom. The van der Waals surface area contributed by atoms with Gasteiger partial charge in [-0.2, -0.15) is 0 Å². The van der Waals surface area contributed by atoms with Gasteiger partial charge in [-0.3, -0.25) is 19.2 Å². The van der Waals surface area contributed by atoms with E-state index in [0.29, 0.717) is 5.06 Å². The second-order valence-electron chi connectivity index (χ2n) is 4.31. The van der Waals surface area contributed by atoms with Crippen LogP contribution in [-0.2, 0) is 38.2 Å². The molecule has 22 heavy (non-hydrogen) atoms. The minimum atomic E-state index is -1.27. The molecule has 1 unspecified atom stereocenters. The zero-order valence-electron chi connectivity index (χ0n) is 12.0. The molecule has 10 heteroatoms. The Morgan fingerprint density at radius 3 is 2.27 bits per heavy atom. The first-order chi connectivity index (χ1) is 10.3. The van der Waals surface area contributed by atoms with Crippen molar-refractivity contribution in [3.05, 3.63) is 0 Å². The summed E-state index contributed by atoms with van der Waals surface area (Å²) in [6, 6.07) is 0. The van der Waals surface area contributed by atoms with Gasteiger partial charge >= 0.3 is 18.1 Å². The molecule has 0 saturated carbocycles. The number of hydrogen-bond donors (Lipinski definition) is 0. The average molecular weight is 317 g/mol. The number of carbonyl (C=O) groups excluding carboxylic acids is 5. The van der Waals surface area contributed by atoms with Gasteiger partial charge in [-0.25, -0.2) is 9.59 Å². The molecule has 0 aromatic rings. The van der Waals surface area contributed by atoms with E-state index in [1.165, 1.54) is 6.92 Å². The molecule has 1 heterocycles. The molecular weight excluding hydrogens is 302 g/mol. The van der Waals surface area contributed by atoms with Crippen LogP contribution in [0.5, 0.6) is 0 Å². The third-order valence-corrected chi connectivity index (χ3v) is 2.34. The minimum absolute atomic E-state index is 0.0323. The standard InChI is InChI=1S/C12H15NO9/c1-7(5-20-11(17)6-19-8(2)14)21-12(18)22-13-9(15)3-4-10(13)16/h7H,3-6H2,1-2H3. The highest BCUT2D eigenvalue weighted by Gasteiger charge is 2.33. The molecule has 0 aromatic carbocycles. The summed E-state index contributed by atoms with van der Waals surface area (Å²) >= 11 is 0. The topological polar surface area (TPSA) is 126 Å². The third-order valence-electron chi connectivity index (χ3n) is 2.34. The fraction of sp³-hybridized carbons (Fsp3) is 0.583. The van der Waals surface area contributed by atoms with Crippen LogP contribution in [0.2, 0.25) is 0 Å². The molecule has 122 valence electrons. The lowest BCUT2D eigenvalue weighted by molar-refractivity contribution is -0.179. The first kappa shape index (κ1) is 17.4. The van der Waals surface area contributed by atoms with Crippen molar-refractivity contribution in [1.82, 2.24) is 5.06 Å². The van der Waals surface area contributed by atoms with Gasteiger partial charge in [0, 0.05) is 19.8 Å². The number of imide groups is 1. The molecule has 1 saturated heterocycles. The molecule has 2 amide bonds. The van der Waals surface area contributed by atoms with Crippen LogP contribution < -0.4 is 0 Å². The highest BCUT2D eigenvalue weighted by atomic mass is 16.8. The summed E-state index contributed by atoms with van der Waals surface area (Å²) in [5.41, 5.74) is 0. The number of rotatable bonds is 6. The van der Waals surface area contributed by atoms with Crippen molar-refractivity contribution in [2.45, 2.75) is 32.8 Å². The number of hydrogen-bond acceptors (Lipinski definition) is 9. The van der Waals surface area contributed by atoms with Crippen molar-refractivity contribution in [3.63, 3.8) is 0 Å². The second-order valence-corrected chi connectivity index (χ2v) is 4.31. The summed E-state index contributed by atoms with van der Waals surface area (Å²) in [7, 11) is 0. The maximum Gasteiger partial charge on any atom is 0.534 e. The third kappa shape index (κ3) is 5.77. The van der Waals surface area contributed by atoms with Crippen LogP contribution in [0, 0.1) is 0 Å². The predicted molar refractivity (Wildman–Crippen MR) is 65.7 cm³/mol. The molecule has 10 nitrogen and oxygen atoms in total. The lowest BCUT2D eigenvalue weighted by Gasteiger charge is -2.16. The van der Waals surface area contributed by atoms with Gasteiger partial charge in [0.2, 0.25) is 0 Å². The lowest BCUT2D eigenvalue weighted by Crippen LogP contribution is -2.34. The normalized spacial score (nSPS) is 15.3. The Hall–Kier alpha value is -2.65. The number of ether oxygens (including phenoxy) is 3. The largest absolute Gasteiger partial charge is 0.534 e. The van der Waals surface area contributed by atoms with E-state index in [2.05, 4.69) is 14.3 Å². The monoisotopic (exact) mass is 317 g/mol. The van der Waals surface area contributed by atoms with Gasteiger partial charge in [0.1, 0.15) is 12.7 Å². The van der Waals surface area contributed by atoms with E-state index >= 15 is 0 Å². The summed E-state index contributed by atoms with van der Waals surface area (Å²) in [6.07, 6.45) is -2.22. The number of esters is 2. The summed E-state index contributed by atoms with van der Waals surface area (Å²) in [5, 5.41) is 0.335. The van der Waals surface area contributed by atoms with Crippen LogP contribution >= 0.6 is 0 Å². The molecule has 0 N–H and O–H groups in total. The molecule has 1 rings (SSSR count). The number of nitrogens with zero attached hydrogens (tertiary/aromatic N) is 1. The maximum absolute atomic E-state index is 11.4. The fourth-order valence-electron chi connectivity index (χ4n) is 1.36. The highest BCUT2D eigenvalue weighted by Crippen LogP contribution is 2.13.